The molecule has 0 heterocycles. The molecule has 2 unspecified atom stereocenters. The maximum absolute atomic E-state index is 13.0. The minimum atomic E-state index is -2.34. The van der Waals surface area contributed by atoms with Crippen molar-refractivity contribution in [1.82, 2.24) is 0 Å². The Kier molecular flexibility index (Phi) is 2.12. The molecule has 2 saturated carbocycles. The predicted molar refractivity (Wildman–Crippen MR) is 48.7 cm³/mol. The summed E-state index contributed by atoms with van der Waals surface area (Å²) >= 11 is 0. The van der Waals surface area contributed by atoms with Crippen LogP contribution in [0.1, 0.15) is 39.5 Å². The first-order valence-corrected chi connectivity index (χ1v) is 5.36. The molecule has 0 saturated heterocycles. The molecule has 0 amide bonds. The molecule has 0 spiro atoms. The quantitative estimate of drug-likeness (QED) is 0.588. The first kappa shape index (κ1) is 9.42. The van der Waals surface area contributed by atoms with Crippen LogP contribution in [0, 0.1) is 23.7 Å². The summed E-state index contributed by atoms with van der Waals surface area (Å²) < 4.78 is 26.0. The van der Waals surface area contributed by atoms with E-state index in [-0.39, 0.29) is 12.8 Å². The van der Waals surface area contributed by atoms with Gasteiger partial charge in [0.1, 0.15) is 0 Å². The summed E-state index contributed by atoms with van der Waals surface area (Å²) in [6, 6.07) is 0. The molecule has 0 aromatic carbocycles. The molecule has 76 valence electrons. The predicted octanol–water partition coefficient (Wildman–Crippen LogP) is 3.71. The number of rotatable bonds is 1. The normalized spacial score (nSPS) is 42.7. The van der Waals surface area contributed by atoms with Crippen LogP contribution in [0.15, 0.2) is 0 Å². The lowest BCUT2D eigenvalue weighted by Crippen LogP contribution is -2.13. The Morgan fingerprint density at radius 3 is 1.92 bits per heavy atom. The summed E-state index contributed by atoms with van der Waals surface area (Å²) in [4.78, 5) is 0. The van der Waals surface area contributed by atoms with Gasteiger partial charge in [-0.1, -0.05) is 13.8 Å². The summed E-state index contributed by atoms with van der Waals surface area (Å²) in [6.07, 6.45) is 2.44. The van der Waals surface area contributed by atoms with Crippen LogP contribution in [0.3, 0.4) is 0 Å². The molecule has 2 aliphatic rings. The molecule has 0 aromatic heterocycles. The van der Waals surface area contributed by atoms with E-state index in [9.17, 15) is 8.78 Å². The lowest BCUT2D eigenvalue weighted by atomic mass is 9.91. The number of hydrogen-bond acceptors (Lipinski definition) is 0. The Bertz CT molecular complexity index is 182. The molecule has 0 N–H and O–H groups in total. The van der Waals surface area contributed by atoms with Gasteiger partial charge in [-0.05, 0) is 36.5 Å². The second-order valence-corrected chi connectivity index (χ2v) is 5.26. The first-order valence-electron chi connectivity index (χ1n) is 5.36. The van der Waals surface area contributed by atoms with Crippen molar-refractivity contribution < 1.29 is 8.78 Å². The van der Waals surface area contributed by atoms with Crippen molar-refractivity contribution in [1.29, 1.82) is 0 Å². The fourth-order valence-corrected chi connectivity index (χ4v) is 3.15. The Morgan fingerprint density at radius 2 is 1.54 bits per heavy atom. The van der Waals surface area contributed by atoms with Crippen LogP contribution in [-0.4, -0.2) is 5.92 Å². The van der Waals surface area contributed by atoms with Crippen LogP contribution in [-0.2, 0) is 0 Å². The van der Waals surface area contributed by atoms with Crippen LogP contribution >= 0.6 is 0 Å². The van der Waals surface area contributed by atoms with E-state index in [4.69, 9.17) is 0 Å². The zero-order chi connectivity index (χ0) is 9.64. The van der Waals surface area contributed by atoms with Crippen LogP contribution in [0.25, 0.3) is 0 Å². The van der Waals surface area contributed by atoms with Gasteiger partial charge in [-0.25, -0.2) is 8.78 Å². The molecule has 13 heavy (non-hydrogen) atoms. The molecule has 0 aromatic rings. The van der Waals surface area contributed by atoms with E-state index in [1.807, 2.05) is 0 Å². The van der Waals surface area contributed by atoms with E-state index in [2.05, 4.69) is 13.8 Å². The van der Waals surface area contributed by atoms with Crippen molar-refractivity contribution in [2.24, 2.45) is 23.7 Å². The maximum atomic E-state index is 13.0. The van der Waals surface area contributed by atoms with Crippen molar-refractivity contribution in [2.45, 2.75) is 45.5 Å². The highest BCUT2D eigenvalue weighted by Crippen LogP contribution is 2.54. The number of fused-ring (bicyclic) bond motifs is 1. The highest BCUT2D eigenvalue weighted by molar-refractivity contribution is 4.95. The number of halogens is 2. The van der Waals surface area contributed by atoms with Crippen molar-refractivity contribution >= 4 is 0 Å². The summed E-state index contributed by atoms with van der Waals surface area (Å²) in [6.45, 7) is 4.42. The van der Waals surface area contributed by atoms with Gasteiger partial charge in [0.05, 0.1) is 0 Å². The highest BCUT2D eigenvalue weighted by atomic mass is 19.3. The largest absolute Gasteiger partial charge is 0.248 e. The molecule has 2 atom stereocenters. The van der Waals surface area contributed by atoms with Gasteiger partial charge in [-0.2, -0.15) is 0 Å². The smallest absolute Gasteiger partial charge is 0.207 e. The average Bonchev–Trinajstić information content (AvgIpc) is 2.39. The van der Waals surface area contributed by atoms with E-state index in [0.717, 1.165) is 12.8 Å². The van der Waals surface area contributed by atoms with Crippen LogP contribution in [0.4, 0.5) is 8.78 Å². The molecule has 2 aliphatic carbocycles. The Hall–Kier alpha value is -0.140. The van der Waals surface area contributed by atoms with Gasteiger partial charge in [0.2, 0.25) is 5.92 Å². The zero-order valence-corrected chi connectivity index (χ0v) is 8.39. The zero-order valence-electron chi connectivity index (χ0n) is 8.39. The van der Waals surface area contributed by atoms with Crippen molar-refractivity contribution in [2.75, 3.05) is 0 Å². The lowest BCUT2D eigenvalue weighted by Gasteiger charge is -2.17. The van der Waals surface area contributed by atoms with Crippen molar-refractivity contribution in [3.63, 3.8) is 0 Å². The molecule has 0 nitrogen and oxygen atoms in total. The molecule has 2 fully saturated rings. The van der Waals surface area contributed by atoms with E-state index in [1.54, 1.807) is 0 Å². The second kappa shape index (κ2) is 2.93. The van der Waals surface area contributed by atoms with Gasteiger partial charge in [-0.15, -0.1) is 0 Å². The van der Waals surface area contributed by atoms with E-state index < -0.39 is 5.92 Å². The highest BCUT2D eigenvalue weighted by Gasteiger charge is 2.50. The average molecular weight is 188 g/mol. The summed E-state index contributed by atoms with van der Waals surface area (Å²) in [5.41, 5.74) is 0. The number of alkyl halides is 2. The van der Waals surface area contributed by atoms with Gasteiger partial charge in [0.25, 0.3) is 0 Å². The van der Waals surface area contributed by atoms with Crippen molar-refractivity contribution in [3.8, 4) is 0 Å². The van der Waals surface area contributed by atoms with Crippen LogP contribution < -0.4 is 0 Å². The van der Waals surface area contributed by atoms with Gasteiger partial charge in [0, 0.05) is 12.8 Å². The second-order valence-electron chi connectivity index (χ2n) is 5.26. The fourth-order valence-electron chi connectivity index (χ4n) is 3.15. The molecule has 2 heteroatoms. The summed E-state index contributed by atoms with van der Waals surface area (Å²) in [7, 11) is 0. The number of hydrogen-bond donors (Lipinski definition) is 0. The van der Waals surface area contributed by atoms with E-state index >= 15 is 0 Å². The van der Waals surface area contributed by atoms with Gasteiger partial charge >= 0.3 is 0 Å². The lowest BCUT2D eigenvalue weighted by molar-refractivity contribution is -0.00175. The molecular formula is C11H18F2. The third kappa shape index (κ3) is 1.72. The summed E-state index contributed by atoms with van der Waals surface area (Å²) in [5.74, 6) is -0.271. The van der Waals surface area contributed by atoms with Crippen LogP contribution in [0.5, 0.6) is 0 Å². The molecule has 2 rings (SSSR count). The minimum Gasteiger partial charge on any atom is -0.207 e. The monoisotopic (exact) mass is 188 g/mol. The van der Waals surface area contributed by atoms with Crippen LogP contribution in [0.2, 0.25) is 0 Å². The Labute approximate surface area is 78.7 Å². The Morgan fingerprint density at radius 1 is 1.08 bits per heavy atom. The third-order valence-corrected chi connectivity index (χ3v) is 3.94. The Balaban J connectivity index is 1.97. The third-order valence-electron chi connectivity index (χ3n) is 3.94. The van der Waals surface area contributed by atoms with E-state index in [1.165, 1.54) is 0 Å². The molecule has 0 bridgehead atoms. The fraction of sp³-hybridized carbons (Fsp3) is 1.00. The van der Waals surface area contributed by atoms with Crippen molar-refractivity contribution in [3.05, 3.63) is 0 Å². The molecule has 0 aliphatic heterocycles. The van der Waals surface area contributed by atoms with E-state index in [0.29, 0.717) is 23.7 Å². The maximum Gasteiger partial charge on any atom is 0.248 e. The SMILES string of the molecule is CC(C)C1CC2CC(F)(F)CC2C1. The van der Waals surface area contributed by atoms with Gasteiger partial charge in [-0.3, -0.25) is 0 Å². The molecular weight excluding hydrogens is 170 g/mol. The first-order chi connectivity index (χ1) is 5.98. The topological polar surface area (TPSA) is 0 Å². The standard InChI is InChI=1S/C11H18F2/c1-7(2)8-3-9-5-11(12,13)6-10(9)4-8/h7-10H,3-6H2,1-2H3. The van der Waals surface area contributed by atoms with Gasteiger partial charge < -0.3 is 0 Å². The molecule has 0 radical (unpaired) electrons. The summed E-state index contributed by atoms with van der Waals surface area (Å²) in [5, 5.41) is 0. The minimum absolute atomic E-state index is 0.168. The van der Waals surface area contributed by atoms with Gasteiger partial charge in [0.15, 0.2) is 0 Å².